The van der Waals surface area contributed by atoms with Crippen molar-refractivity contribution in [1.82, 2.24) is 0 Å². The van der Waals surface area contributed by atoms with E-state index in [1.807, 2.05) is 0 Å². The quantitative estimate of drug-likeness (QED) is 0.552. The topological polar surface area (TPSA) is 0 Å². The minimum absolute atomic E-state index is 0.0985. The lowest BCUT2D eigenvalue weighted by Crippen LogP contribution is -1.85. The number of thiol groups is 1. The fraction of sp³-hybridized carbons (Fsp3) is 0. The van der Waals surface area contributed by atoms with Crippen LogP contribution < -0.4 is 0 Å². The second-order valence-electron chi connectivity index (χ2n) is 1.90. The first-order chi connectivity index (χ1) is 4.61. The number of rotatable bonds is 0. The molecule has 1 rings (SSSR count). The van der Waals surface area contributed by atoms with Crippen LogP contribution in [0, 0.1) is 18.6 Å². The third kappa shape index (κ3) is 1.29. The van der Waals surface area contributed by atoms with Gasteiger partial charge in [-0.25, -0.2) is 8.78 Å². The lowest BCUT2D eigenvalue weighted by molar-refractivity contribution is 0.564. The van der Waals surface area contributed by atoms with Crippen LogP contribution in [0.25, 0.3) is 0 Å². The summed E-state index contributed by atoms with van der Waals surface area (Å²) in [6.45, 7) is 3.39. The lowest BCUT2D eigenvalue weighted by atomic mass is 10.2. The van der Waals surface area contributed by atoms with Crippen LogP contribution in [0.15, 0.2) is 17.0 Å². The SMILES string of the molecule is [CH2]c1cc(F)cc(F)c1S. The Morgan fingerprint density at radius 2 is 1.90 bits per heavy atom. The predicted octanol–water partition coefficient (Wildman–Crippen LogP) is 2.44. The molecule has 0 heterocycles. The molecule has 0 bridgehead atoms. The van der Waals surface area contributed by atoms with Crippen molar-refractivity contribution in [2.24, 2.45) is 0 Å². The molecule has 0 atom stereocenters. The molecule has 0 saturated carbocycles. The highest BCUT2D eigenvalue weighted by Crippen LogP contribution is 2.17. The Labute approximate surface area is 63.3 Å². The van der Waals surface area contributed by atoms with E-state index >= 15 is 0 Å². The van der Waals surface area contributed by atoms with Gasteiger partial charge in [0.1, 0.15) is 11.6 Å². The standard InChI is InChI=1S/C7H5F2S/c1-4-2-5(8)3-6(9)7(4)10/h2-3,10H,1H2. The zero-order valence-corrected chi connectivity index (χ0v) is 5.96. The van der Waals surface area contributed by atoms with Gasteiger partial charge in [-0.15, -0.1) is 12.6 Å². The van der Waals surface area contributed by atoms with Crippen molar-refractivity contribution in [1.29, 1.82) is 0 Å². The Morgan fingerprint density at radius 1 is 1.30 bits per heavy atom. The average molecular weight is 159 g/mol. The number of hydrogen-bond acceptors (Lipinski definition) is 1. The summed E-state index contributed by atoms with van der Waals surface area (Å²) in [5, 5.41) is 0. The molecule has 0 aliphatic carbocycles. The minimum atomic E-state index is -0.673. The maximum Gasteiger partial charge on any atom is 0.139 e. The summed E-state index contributed by atoms with van der Waals surface area (Å²) in [5.41, 5.74) is 0.265. The van der Waals surface area contributed by atoms with Crippen molar-refractivity contribution in [2.75, 3.05) is 0 Å². The van der Waals surface area contributed by atoms with Crippen molar-refractivity contribution in [2.45, 2.75) is 4.90 Å². The van der Waals surface area contributed by atoms with Crippen molar-refractivity contribution < 1.29 is 8.78 Å². The Morgan fingerprint density at radius 3 is 2.40 bits per heavy atom. The van der Waals surface area contributed by atoms with Gasteiger partial charge in [0, 0.05) is 11.0 Å². The second-order valence-corrected chi connectivity index (χ2v) is 2.34. The van der Waals surface area contributed by atoms with Crippen LogP contribution >= 0.6 is 12.6 Å². The molecule has 10 heavy (non-hydrogen) atoms. The minimum Gasteiger partial charge on any atom is -0.207 e. The largest absolute Gasteiger partial charge is 0.207 e. The molecule has 53 valence electrons. The van der Waals surface area contributed by atoms with E-state index in [1.54, 1.807) is 0 Å². The summed E-state index contributed by atoms with van der Waals surface area (Å²) >= 11 is 3.75. The molecule has 0 aliphatic heterocycles. The molecular weight excluding hydrogens is 154 g/mol. The first kappa shape index (κ1) is 7.54. The van der Waals surface area contributed by atoms with Crippen LogP contribution in [0.5, 0.6) is 0 Å². The first-order valence-corrected chi connectivity index (χ1v) is 3.06. The van der Waals surface area contributed by atoms with Gasteiger partial charge >= 0.3 is 0 Å². The summed E-state index contributed by atoms with van der Waals surface area (Å²) < 4.78 is 24.8. The van der Waals surface area contributed by atoms with Crippen LogP contribution in [0.2, 0.25) is 0 Å². The summed E-state index contributed by atoms with van der Waals surface area (Å²) in [6, 6.07) is 1.91. The molecule has 0 nitrogen and oxygen atoms in total. The molecule has 0 N–H and O–H groups in total. The molecular formula is C7H5F2S. The lowest BCUT2D eigenvalue weighted by Gasteiger charge is -1.98. The van der Waals surface area contributed by atoms with E-state index in [4.69, 9.17) is 0 Å². The van der Waals surface area contributed by atoms with E-state index in [2.05, 4.69) is 19.6 Å². The fourth-order valence-electron chi connectivity index (χ4n) is 0.619. The predicted molar refractivity (Wildman–Crippen MR) is 38.1 cm³/mol. The smallest absolute Gasteiger partial charge is 0.139 e. The van der Waals surface area contributed by atoms with Gasteiger partial charge in [0.2, 0.25) is 0 Å². The van der Waals surface area contributed by atoms with Crippen LogP contribution in [-0.4, -0.2) is 0 Å². The van der Waals surface area contributed by atoms with Gasteiger partial charge in [0.05, 0.1) is 0 Å². The van der Waals surface area contributed by atoms with E-state index in [1.165, 1.54) is 0 Å². The molecule has 0 aromatic heterocycles. The van der Waals surface area contributed by atoms with Crippen LogP contribution in [0.3, 0.4) is 0 Å². The van der Waals surface area contributed by atoms with E-state index in [9.17, 15) is 8.78 Å². The van der Waals surface area contributed by atoms with Gasteiger partial charge in [-0.3, -0.25) is 0 Å². The number of benzene rings is 1. The fourth-order valence-corrected chi connectivity index (χ4v) is 0.748. The van der Waals surface area contributed by atoms with Crippen LogP contribution in [-0.2, 0) is 0 Å². The molecule has 0 fully saturated rings. The Balaban J connectivity index is 3.31. The highest BCUT2D eigenvalue weighted by molar-refractivity contribution is 7.80. The van der Waals surface area contributed by atoms with Crippen LogP contribution in [0.1, 0.15) is 5.56 Å². The van der Waals surface area contributed by atoms with Crippen molar-refractivity contribution in [3.8, 4) is 0 Å². The summed E-state index contributed by atoms with van der Waals surface area (Å²) in [5.74, 6) is -1.30. The highest BCUT2D eigenvalue weighted by Gasteiger charge is 2.02. The molecule has 3 heteroatoms. The van der Waals surface area contributed by atoms with E-state index in [-0.39, 0.29) is 10.5 Å². The molecule has 1 radical (unpaired) electrons. The van der Waals surface area contributed by atoms with Gasteiger partial charge < -0.3 is 0 Å². The second kappa shape index (κ2) is 2.58. The number of halogens is 2. The molecule has 0 spiro atoms. The van der Waals surface area contributed by atoms with E-state index < -0.39 is 11.6 Å². The van der Waals surface area contributed by atoms with E-state index in [0.717, 1.165) is 12.1 Å². The maximum absolute atomic E-state index is 12.5. The third-order valence-corrected chi connectivity index (χ3v) is 1.61. The Hall–Kier alpha value is -0.570. The summed E-state index contributed by atoms with van der Waals surface area (Å²) in [7, 11) is 0. The monoisotopic (exact) mass is 159 g/mol. The van der Waals surface area contributed by atoms with E-state index in [0.29, 0.717) is 0 Å². The molecule has 1 aromatic carbocycles. The molecule has 0 saturated heterocycles. The molecule has 0 aliphatic rings. The van der Waals surface area contributed by atoms with Crippen molar-refractivity contribution in [3.05, 3.63) is 36.3 Å². The Bertz CT molecular complexity index is 235. The number of hydrogen-bond donors (Lipinski definition) is 1. The summed E-state index contributed by atoms with van der Waals surface area (Å²) in [6.07, 6.45) is 0. The van der Waals surface area contributed by atoms with Crippen molar-refractivity contribution >= 4 is 12.6 Å². The van der Waals surface area contributed by atoms with Gasteiger partial charge in [-0.2, -0.15) is 0 Å². The van der Waals surface area contributed by atoms with Gasteiger partial charge in [-0.1, -0.05) is 0 Å². The van der Waals surface area contributed by atoms with Gasteiger partial charge in [-0.05, 0) is 18.6 Å². The average Bonchev–Trinajstić information content (AvgIpc) is 1.82. The van der Waals surface area contributed by atoms with Crippen LogP contribution in [0.4, 0.5) is 8.78 Å². The highest BCUT2D eigenvalue weighted by atomic mass is 32.1. The van der Waals surface area contributed by atoms with Gasteiger partial charge in [0.25, 0.3) is 0 Å². The normalized spacial score (nSPS) is 10.0. The Kier molecular flexibility index (Phi) is 1.94. The summed E-state index contributed by atoms with van der Waals surface area (Å²) in [4.78, 5) is 0.0985. The third-order valence-electron chi connectivity index (χ3n) is 1.11. The van der Waals surface area contributed by atoms with Gasteiger partial charge in [0.15, 0.2) is 0 Å². The zero-order valence-electron chi connectivity index (χ0n) is 5.06. The molecule has 0 amide bonds. The first-order valence-electron chi connectivity index (χ1n) is 2.61. The zero-order chi connectivity index (χ0) is 7.72. The van der Waals surface area contributed by atoms with Crippen molar-refractivity contribution in [3.63, 3.8) is 0 Å². The molecule has 1 aromatic rings. The molecule has 0 unspecified atom stereocenters. The maximum atomic E-state index is 12.5.